The Balaban J connectivity index is 1.54. The van der Waals surface area contributed by atoms with E-state index in [1.807, 2.05) is 28.9 Å². The molecule has 0 radical (unpaired) electrons. The molecule has 0 unspecified atom stereocenters. The van der Waals surface area contributed by atoms with Crippen molar-refractivity contribution < 1.29 is 4.79 Å². The van der Waals surface area contributed by atoms with Gasteiger partial charge in [-0.15, -0.1) is 0 Å². The summed E-state index contributed by atoms with van der Waals surface area (Å²) in [6.45, 7) is 0.442. The van der Waals surface area contributed by atoms with Crippen molar-refractivity contribution in [2.45, 2.75) is 44.7 Å². The lowest BCUT2D eigenvalue weighted by Gasteiger charge is -2.22. The standard InChI is InChI=1S/C15H19BrN4O/c16-11-6-7-14-18-13(10-20(14)9-11)8-17-15(21)19-12-4-2-1-3-5-12/h6-7,9-10,12H,1-5,8H2,(H2,17,19,21). The third-order valence-electron chi connectivity index (χ3n) is 3.84. The highest BCUT2D eigenvalue weighted by molar-refractivity contribution is 9.10. The van der Waals surface area contributed by atoms with Gasteiger partial charge in [0.1, 0.15) is 5.65 Å². The molecule has 1 aliphatic rings. The maximum atomic E-state index is 11.9. The minimum Gasteiger partial charge on any atom is -0.335 e. The van der Waals surface area contributed by atoms with Crippen LogP contribution in [0.15, 0.2) is 29.0 Å². The Morgan fingerprint density at radius 1 is 1.29 bits per heavy atom. The molecular formula is C15H19BrN4O. The molecule has 0 spiro atoms. The van der Waals surface area contributed by atoms with Gasteiger partial charge in [0.05, 0.1) is 12.2 Å². The minimum absolute atomic E-state index is 0.0971. The van der Waals surface area contributed by atoms with Crippen LogP contribution in [0.5, 0.6) is 0 Å². The number of imidazole rings is 1. The Labute approximate surface area is 132 Å². The Bertz CT molecular complexity index is 634. The van der Waals surface area contributed by atoms with Crippen LogP contribution < -0.4 is 10.6 Å². The molecule has 2 aromatic heterocycles. The molecule has 1 fully saturated rings. The molecule has 6 heteroatoms. The van der Waals surface area contributed by atoms with E-state index in [1.54, 1.807) is 0 Å². The van der Waals surface area contributed by atoms with Gasteiger partial charge in [0.15, 0.2) is 0 Å². The van der Waals surface area contributed by atoms with Crippen LogP contribution in [0.25, 0.3) is 5.65 Å². The summed E-state index contributed by atoms with van der Waals surface area (Å²) in [6, 6.07) is 4.13. The zero-order chi connectivity index (χ0) is 14.7. The number of nitrogens with one attached hydrogen (secondary N) is 2. The Morgan fingerprint density at radius 3 is 2.90 bits per heavy atom. The second-order valence-electron chi connectivity index (χ2n) is 5.51. The number of hydrogen-bond donors (Lipinski definition) is 2. The molecule has 21 heavy (non-hydrogen) atoms. The number of nitrogens with zero attached hydrogens (tertiary/aromatic N) is 2. The topological polar surface area (TPSA) is 58.4 Å². The van der Waals surface area contributed by atoms with E-state index in [0.717, 1.165) is 28.7 Å². The number of aromatic nitrogens is 2. The van der Waals surface area contributed by atoms with Crippen LogP contribution in [-0.4, -0.2) is 21.5 Å². The van der Waals surface area contributed by atoms with Gasteiger partial charge >= 0.3 is 6.03 Å². The number of urea groups is 1. The van der Waals surface area contributed by atoms with Gasteiger partial charge < -0.3 is 15.0 Å². The van der Waals surface area contributed by atoms with E-state index in [4.69, 9.17) is 0 Å². The summed E-state index contributed by atoms with van der Waals surface area (Å²) in [5.41, 5.74) is 1.73. The van der Waals surface area contributed by atoms with Crippen LogP contribution in [0.2, 0.25) is 0 Å². The SMILES string of the molecule is O=C(NCc1cn2cc(Br)ccc2n1)NC1CCCCC1. The number of fused-ring (bicyclic) bond motifs is 1. The second kappa shape index (κ2) is 6.47. The predicted octanol–water partition coefficient (Wildman–Crippen LogP) is 3.23. The number of pyridine rings is 1. The van der Waals surface area contributed by atoms with Gasteiger partial charge in [-0.05, 0) is 40.9 Å². The van der Waals surface area contributed by atoms with Crippen LogP contribution in [0.1, 0.15) is 37.8 Å². The first kappa shape index (κ1) is 14.4. The third-order valence-corrected chi connectivity index (χ3v) is 4.30. The first-order valence-corrected chi connectivity index (χ1v) is 8.17. The largest absolute Gasteiger partial charge is 0.335 e. The van der Waals surface area contributed by atoms with Crippen molar-refractivity contribution in [2.75, 3.05) is 0 Å². The van der Waals surface area contributed by atoms with E-state index in [-0.39, 0.29) is 6.03 Å². The summed E-state index contributed by atoms with van der Waals surface area (Å²) >= 11 is 3.43. The van der Waals surface area contributed by atoms with E-state index in [0.29, 0.717) is 12.6 Å². The van der Waals surface area contributed by atoms with Gasteiger partial charge in [0.25, 0.3) is 0 Å². The fraction of sp³-hybridized carbons (Fsp3) is 0.467. The first-order chi connectivity index (χ1) is 10.2. The van der Waals surface area contributed by atoms with Crippen LogP contribution >= 0.6 is 15.9 Å². The molecule has 3 rings (SSSR count). The molecule has 1 saturated carbocycles. The summed E-state index contributed by atoms with van der Waals surface area (Å²) in [5, 5.41) is 5.92. The molecule has 1 aliphatic carbocycles. The highest BCUT2D eigenvalue weighted by Gasteiger charge is 2.15. The van der Waals surface area contributed by atoms with Gasteiger partial charge in [-0.2, -0.15) is 0 Å². The lowest BCUT2D eigenvalue weighted by atomic mass is 9.96. The van der Waals surface area contributed by atoms with Crippen molar-refractivity contribution in [3.63, 3.8) is 0 Å². The van der Waals surface area contributed by atoms with Gasteiger partial charge in [-0.25, -0.2) is 9.78 Å². The molecule has 2 amide bonds. The molecule has 0 aliphatic heterocycles. The summed E-state index contributed by atoms with van der Waals surface area (Å²) in [5.74, 6) is 0. The average Bonchev–Trinajstić information content (AvgIpc) is 2.88. The number of halogens is 1. The predicted molar refractivity (Wildman–Crippen MR) is 85.1 cm³/mol. The van der Waals surface area contributed by atoms with Crippen LogP contribution in [0.4, 0.5) is 4.79 Å². The Kier molecular flexibility index (Phi) is 4.43. The molecule has 2 heterocycles. The smallest absolute Gasteiger partial charge is 0.315 e. The number of carbonyl (C=O) groups excluding carboxylic acids is 1. The van der Waals surface area contributed by atoms with E-state index in [9.17, 15) is 4.79 Å². The van der Waals surface area contributed by atoms with Crippen molar-refractivity contribution in [1.29, 1.82) is 0 Å². The van der Waals surface area contributed by atoms with Crippen molar-refractivity contribution in [2.24, 2.45) is 0 Å². The second-order valence-corrected chi connectivity index (χ2v) is 6.42. The molecule has 2 N–H and O–H groups in total. The Hall–Kier alpha value is -1.56. The third kappa shape index (κ3) is 3.75. The highest BCUT2D eigenvalue weighted by atomic mass is 79.9. The van der Waals surface area contributed by atoms with Crippen molar-refractivity contribution >= 4 is 27.6 Å². The highest BCUT2D eigenvalue weighted by Crippen LogP contribution is 2.17. The van der Waals surface area contributed by atoms with E-state index in [1.165, 1.54) is 19.3 Å². The molecule has 0 atom stereocenters. The summed E-state index contributed by atoms with van der Waals surface area (Å²) in [6.07, 6.45) is 9.79. The summed E-state index contributed by atoms with van der Waals surface area (Å²) in [4.78, 5) is 16.4. The quantitative estimate of drug-likeness (QED) is 0.892. The normalized spacial score (nSPS) is 16.0. The van der Waals surface area contributed by atoms with Crippen molar-refractivity contribution in [1.82, 2.24) is 20.0 Å². The fourth-order valence-corrected chi connectivity index (χ4v) is 3.11. The van der Waals surface area contributed by atoms with Crippen LogP contribution in [-0.2, 0) is 6.54 Å². The zero-order valence-corrected chi connectivity index (χ0v) is 13.4. The molecule has 112 valence electrons. The van der Waals surface area contributed by atoms with E-state index in [2.05, 4.69) is 31.5 Å². The Morgan fingerprint density at radius 2 is 2.10 bits per heavy atom. The average molecular weight is 351 g/mol. The molecule has 0 saturated heterocycles. The molecule has 2 aromatic rings. The van der Waals surface area contributed by atoms with E-state index >= 15 is 0 Å². The molecular weight excluding hydrogens is 332 g/mol. The lowest BCUT2D eigenvalue weighted by molar-refractivity contribution is 0.232. The molecule has 5 nitrogen and oxygen atoms in total. The van der Waals surface area contributed by atoms with Gasteiger partial charge in [0, 0.05) is 22.9 Å². The lowest BCUT2D eigenvalue weighted by Crippen LogP contribution is -2.42. The molecule has 0 bridgehead atoms. The maximum Gasteiger partial charge on any atom is 0.315 e. The summed E-state index contributed by atoms with van der Waals surface area (Å²) < 4.78 is 2.95. The number of amides is 2. The minimum atomic E-state index is -0.0971. The van der Waals surface area contributed by atoms with Crippen LogP contribution in [0, 0.1) is 0 Å². The van der Waals surface area contributed by atoms with Crippen LogP contribution in [0.3, 0.4) is 0 Å². The first-order valence-electron chi connectivity index (χ1n) is 7.38. The summed E-state index contributed by atoms with van der Waals surface area (Å²) in [7, 11) is 0. The molecule has 0 aromatic carbocycles. The van der Waals surface area contributed by atoms with Gasteiger partial charge in [0.2, 0.25) is 0 Å². The zero-order valence-electron chi connectivity index (χ0n) is 11.8. The van der Waals surface area contributed by atoms with Crippen molar-refractivity contribution in [3.8, 4) is 0 Å². The van der Waals surface area contributed by atoms with Gasteiger partial charge in [-0.1, -0.05) is 19.3 Å². The van der Waals surface area contributed by atoms with E-state index < -0.39 is 0 Å². The monoisotopic (exact) mass is 350 g/mol. The number of rotatable bonds is 3. The number of hydrogen-bond acceptors (Lipinski definition) is 2. The van der Waals surface area contributed by atoms with Crippen molar-refractivity contribution in [3.05, 3.63) is 34.7 Å². The maximum absolute atomic E-state index is 11.9. The van der Waals surface area contributed by atoms with Gasteiger partial charge in [-0.3, -0.25) is 0 Å². The number of carbonyl (C=O) groups is 1. The fourth-order valence-electron chi connectivity index (χ4n) is 2.76.